The molecule has 0 aromatic rings. The van der Waals surface area contributed by atoms with E-state index in [2.05, 4.69) is 34.6 Å². The van der Waals surface area contributed by atoms with E-state index < -0.39 is 18.8 Å². The SMILES string of the molecule is [2H]C1([2H])C[C@]2(C)[C@H]3CC[C@]4(C)[C@@H]([C@@H](C)CCCC(C)C)CC[C@H]4[C@@H]3CC[C@H]2C([2H])([2H])[C@@H]1O. The third-order valence-electron chi connectivity index (χ3n) is 10.1. The van der Waals surface area contributed by atoms with Crippen molar-refractivity contribution in [2.75, 3.05) is 0 Å². The Hall–Kier alpha value is -0.0400. The molecule has 4 aliphatic carbocycles. The molecule has 0 unspecified atom stereocenters. The topological polar surface area (TPSA) is 20.2 Å². The Morgan fingerprint density at radius 2 is 1.68 bits per heavy atom. The number of aliphatic hydroxyl groups excluding tert-OH is 1. The number of fused-ring (bicyclic) bond motifs is 5. The van der Waals surface area contributed by atoms with Crippen LogP contribution in [0.25, 0.3) is 0 Å². The normalized spacial score (nSPS) is 55.1. The zero-order valence-electron chi connectivity index (χ0n) is 23.1. The van der Waals surface area contributed by atoms with Gasteiger partial charge in [-0.2, -0.15) is 0 Å². The van der Waals surface area contributed by atoms with E-state index >= 15 is 0 Å². The van der Waals surface area contributed by atoms with Gasteiger partial charge in [-0.25, -0.2) is 0 Å². The molecule has 0 saturated heterocycles. The molecule has 9 atom stereocenters. The highest BCUT2D eigenvalue weighted by molar-refractivity contribution is 5.09. The molecule has 28 heavy (non-hydrogen) atoms. The van der Waals surface area contributed by atoms with Crippen molar-refractivity contribution in [2.24, 2.45) is 52.3 Å². The van der Waals surface area contributed by atoms with Gasteiger partial charge in [-0.1, -0.05) is 53.9 Å². The van der Waals surface area contributed by atoms with Crippen LogP contribution in [0.1, 0.15) is 117 Å². The Labute approximate surface area is 181 Å². The van der Waals surface area contributed by atoms with Crippen molar-refractivity contribution in [3.63, 3.8) is 0 Å². The number of hydrogen-bond donors (Lipinski definition) is 1. The predicted octanol–water partition coefficient (Wildman–Crippen LogP) is 7.47. The molecule has 162 valence electrons. The molecule has 0 aliphatic heterocycles. The first-order chi connectivity index (χ1) is 14.7. The summed E-state index contributed by atoms with van der Waals surface area (Å²) in [5.41, 5.74) is 0.0469. The lowest BCUT2D eigenvalue weighted by Crippen LogP contribution is -2.54. The van der Waals surface area contributed by atoms with Crippen molar-refractivity contribution in [1.82, 2.24) is 0 Å². The summed E-state index contributed by atoms with van der Waals surface area (Å²) in [6.07, 6.45) is 5.97. The van der Waals surface area contributed by atoms with Crippen LogP contribution < -0.4 is 0 Å². The van der Waals surface area contributed by atoms with Gasteiger partial charge in [-0.15, -0.1) is 0 Å². The maximum absolute atomic E-state index is 10.6. The summed E-state index contributed by atoms with van der Waals surface area (Å²) in [5, 5.41) is 10.6. The van der Waals surface area contributed by atoms with Crippen LogP contribution in [-0.2, 0) is 0 Å². The van der Waals surface area contributed by atoms with Crippen molar-refractivity contribution >= 4 is 0 Å². The summed E-state index contributed by atoms with van der Waals surface area (Å²) in [6, 6.07) is 0. The molecule has 0 aromatic heterocycles. The molecule has 4 saturated carbocycles. The van der Waals surface area contributed by atoms with Crippen molar-refractivity contribution in [1.29, 1.82) is 0 Å². The Morgan fingerprint density at radius 3 is 2.43 bits per heavy atom. The highest BCUT2D eigenvalue weighted by Crippen LogP contribution is 2.68. The molecule has 4 rings (SSSR count). The molecule has 0 amide bonds. The summed E-state index contributed by atoms with van der Waals surface area (Å²) in [7, 11) is 0. The van der Waals surface area contributed by atoms with E-state index in [4.69, 9.17) is 5.48 Å². The van der Waals surface area contributed by atoms with Gasteiger partial charge in [0.15, 0.2) is 0 Å². The first kappa shape index (κ1) is 16.6. The summed E-state index contributed by atoms with van der Waals surface area (Å²) in [6.45, 7) is 11.9. The largest absolute Gasteiger partial charge is 0.393 e. The molecule has 0 aromatic carbocycles. The number of rotatable bonds is 5. The standard InChI is InChI=1S/C27H48O/c1-18(2)7-6-8-19(3)23-11-12-24-22-10-9-20-17-21(28)13-15-26(20,4)25(22)14-16-27(23,24)5/h18-25,28H,6-17H2,1-5H3/t19-,20-,21+,22-,23+,24-,25-,26-,27+/m0/s1/i13D2,17D2. The minimum Gasteiger partial charge on any atom is -0.393 e. The zero-order valence-corrected chi connectivity index (χ0v) is 19.1. The smallest absolute Gasteiger partial charge is 0.0543 e. The number of hydrogen-bond acceptors (Lipinski definition) is 1. The molecule has 4 aliphatic rings. The zero-order chi connectivity index (χ0) is 23.7. The molecule has 1 nitrogen and oxygen atoms in total. The first-order valence-corrected chi connectivity index (χ1v) is 12.4. The molecule has 1 heteroatoms. The van der Waals surface area contributed by atoms with E-state index in [9.17, 15) is 5.11 Å². The van der Waals surface area contributed by atoms with Crippen LogP contribution >= 0.6 is 0 Å². The third-order valence-corrected chi connectivity index (χ3v) is 10.1. The Bertz CT molecular complexity index is 693. The molecule has 4 fully saturated rings. The maximum atomic E-state index is 10.6. The average molecular weight is 393 g/mol. The second-order valence-corrected chi connectivity index (χ2v) is 12.0. The minimum absolute atomic E-state index is 0.230. The quantitative estimate of drug-likeness (QED) is 0.514. The summed E-state index contributed by atoms with van der Waals surface area (Å²) in [4.78, 5) is 0. The highest BCUT2D eigenvalue weighted by atomic mass is 16.3. The lowest BCUT2D eigenvalue weighted by molar-refractivity contribution is -0.129. The lowest BCUT2D eigenvalue weighted by atomic mass is 9.44. The minimum atomic E-state index is -1.85. The van der Waals surface area contributed by atoms with Crippen molar-refractivity contribution in [3.05, 3.63) is 0 Å². The summed E-state index contributed by atoms with van der Waals surface area (Å²) in [5.74, 6) is 3.85. The molecule has 0 heterocycles. The lowest BCUT2D eigenvalue weighted by Gasteiger charge is -2.61. The average Bonchev–Trinajstić information content (AvgIpc) is 3.03. The van der Waals surface area contributed by atoms with E-state index in [0.29, 0.717) is 29.6 Å². The van der Waals surface area contributed by atoms with Crippen LogP contribution in [0.2, 0.25) is 0 Å². The molecule has 1 N–H and O–H groups in total. The van der Waals surface area contributed by atoms with Crippen molar-refractivity contribution < 1.29 is 10.6 Å². The predicted molar refractivity (Wildman–Crippen MR) is 119 cm³/mol. The number of aliphatic hydroxyl groups is 1. The van der Waals surface area contributed by atoms with Gasteiger partial charge in [0.25, 0.3) is 0 Å². The van der Waals surface area contributed by atoms with E-state index in [0.717, 1.165) is 37.0 Å². The first-order valence-electron chi connectivity index (χ1n) is 14.4. The second kappa shape index (κ2) is 7.90. The molecule has 0 bridgehead atoms. The van der Waals surface area contributed by atoms with Gasteiger partial charge in [0, 0.05) is 5.48 Å². The van der Waals surface area contributed by atoms with Gasteiger partial charge in [-0.3, -0.25) is 0 Å². The van der Waals surface area contributed by atoms with E-state index in [-0.39, 0.29) is 11.3 Å². The van der Waals surface area contributed by atoms with Gasteiger partial charge >= 0.3 is 0 Å². The van der Waals surface area contributed by atoms with Crippen LogP contribution in [0, 0.1) is 52.3 Å². The fourth-order valence-electron chi connectivity index (χ4n) is 8.57. The maximum Gasteiger partial charge on any atom is 0.0543 e. The van der Waals surface area contributed by atoms with Crippen LogP contribution in [0.3, 0.4) is 0 Å². The van der Waals surface area contributed by atoms with Gasteiger partial charge in [0.05, 0.1) is 6.10 Å². The van der Waals surface area contributed by atoms with Crippen LogP contribution in [0.15, 0.2) is 0 Å². The van der Waals surface area contributed by atoms with Gasteiger partial charge < -0.3 is 5.11 Å². The van der Waals surface area contributed by atoms with E-state index in [1.807, 2.05) is 0 Å². The van der Waals surface area contributed by atoms with Crippen LogP contribution in [-0.4, -0.2) is 11.2 Å². The second-order valence-electron chi connectivity index (χ2n) is 12.0. The summed E-state index contributed by atoms with van der Waals surface area (Å²) < 4.78 is 34.4. The Balaban J connectivity index is 1.54. The third kappa shape index (κ3) is 3.50. The Morgan fingerprint density at radius 1 is 0.929 bits per heavy atom. The fourth-order valence-corrected chi connectivity index (χ4v) is 8.57. The molecule has 0 radical (unpaired) electrons. The van der Waals surface area contributed by atoms with Crippen molar-refractivity contribution in [3.8, 4) is 0 Å². The Kier molecular flexibility index (Phi) is 4.69. The highest BCUT2D eigenvalue weighted by Gasteiger charge is 2.60. The molecular weight excluding hydrogens is 340 g/mol. The van der Waals surface area contributed by atoms with Gasteiger partial charge in [0.1, 0.15) is 0 Å². The van der Waals surface area contributed by atoms with Crippen LogP contribution in [0.5, 0.6) is 0 Å². The molecular formula is C27H48O. The monoisotopic (exact) mass is 392 g/mol. The van der Waals surface area contributed by atoms with Crippen molar-refractivity contribution in [2.45, 2.75) is 118 Å². The molecule has 0 spiro atoms. The van der Waals surface area contributed by atoms with E-state index in [1.165, 1.54) is 38.5 Å². The van der Waals surface area contributed by atoms with E-state index in [1.54, 1.807) is 0 Å². The van der Waals surface area contributed by atoms with Gasteiger partial charge in [0.2, 0.25) is 0 Å². The van der Waals surface area contributed by atoms with Gasteiger partial charge in [-0.05, 0) is 110 Å². The fraction of sp³-hybridized carbons (Fsp3) is 1.00. The van der Waals surface area contributed by atoms with Crippen LogP contribution in [0.4, 0.5) is 0 Å². The summed E-state index contributed by atoms with van der Waals surface area (Å²) >= 11 is 0.